The van der Waals surface area contributed by atoms with Crippen molar-refractivity contribution in [3.05, 3.63) is 60.7 Å². The molecule has 0 saturated heterocycles. The largest absolute Gasteiger partial charge is 0.434 e. The number of alkyl halides is 3. The van der Waals surface area contributed by atoms with Gasteiger partial charge in [-0.05, 0) is 35.9 Å². The predicted octanol–water partition coefficient (Wildman–Crippen LogP) is 4.25. The first kappa shape index (κ1) is 18.8. The van der Waals surface area contributed by atoms with Crippen molar-refractivity contribution in [3.63, 3.8) is 0 Å². The van der Waals surface area contributed by atoms with Crippen LogP contribution in [-0.2, 0) is 6.54 Å². The van der Waals surface area contributed by atoms with Crippen LogP contribution < -0.4 is 4.74 Å². The van der Waals surface area contributed by atoms with Gasteiger partial charge in [-0.25, -0.2) is 9.67 Å². The molecule has 3 aromatic rings. The van der Waals surface area contributed by atoms with Crippen LogP contribution in [0.3, 0.4) is 0 Å². The smallest absolute Gasteiger partial charge is 0.387 e. The molecule has 0 aliphatic heterocycles. The SMILES string of the molecule is OC(C=Cc1cccc2c(OC(F)F)cccc12)(Cn1cncn1)C1(Cl)CC1. The number of nitrogens with zero attached hydrogens (tertiary/aromatic N) is 3. The Hall–Kier alpha value is -2.51. The monoisotopic (exact) mass is 405 g/mol. The Morgan fingerprint density at radius 3 is 2.68 bits per heavy atom. The minimum Gasteiger partial charge on any atom is -0.434 e. The zero-order valence-electron chi connectivity index (χ0n) is 14.8. The molecule has 1 fully saturated rings. The Labute approximate surface area is 165 Å². The number of rotatable bonds is 7. The van der Waals surface area contributed by atoms with Crippen LogP contribution in [0, 0.1) is 0 Å². The summed E-state index contributed by atoms with van der Waals surface area (Å²) in [5.41, 5.74) is -0.572. The fraction of sp³-hybridized carbons (Fsp3) is 0.300. The second-order valence-electron chi connectivity index (χ2n) is 6.89. The van der Waals surface area contributed by atoms with Gasteiger partial charge in [0, 0.05) is 5.39 Å². The summed E-state index contributed by atoms with van der Waals surface area (Å²) in [5.74, 6) is 0.108. The second-order valence-corrected chi connectivity index (χ2v) is 7.62. The van der Waals surface area contributed by atoms with E-state index in [1.54, 1.807) is 30.4 Å². The maximum atomic E-state index is 12.7. The van der Waals surface area contributed by atoms with E-state index in [4.69, 9.17) is 11.6 Å². The van der Waals surface area contributed by atoms with Crippen molar-refractivity contribution in [3.8, 4) is 5.75 Å². The van der Waals surface area contributed by atoms with Crippen molar-refractivity contribution in [2.45, 2.75) is 36.5 Å². The molecule has 0 bridgehead atoms. The van der Waals surface area contributed by atoms with E-state index in [1.165, 1.54) is 23.4 Å². The summed E-state index contributed by atoms with van der Waals surface area (Å²) in [7, 11) is 0. The van der Waals surface area contributed by atoms with Gasteiger partial charge in [0.15, 0.2) is 0 Å². The summed E-state index contributed by atoms with van der Waals surface area (Å²) in [6.07, 6.45) is 7.70. The summed E-state index contributed by atoms with van der Waals surface area (Å²) < 4.78 is 31.5. The van der Waals surface area contributed by atoms with Gasteiger partial charge in [0.1, 0.15) is 24.0 Å². The minimum atomic E-state index is -2.90. The first-order chi connectivity index (χ1) is 13.4. The fourth-order valence-electron chi connectivity index (χ4n) is 3.32. The number of hydrogen-bond donors (Lipinski definition) is 1. The van der Waals surface area contributed by atoms with Crippen LogP contribution in [0.1, 0.15) is 18.4 Å². The van der Waals surface area contributed by atoms with Crippen LogP contribution in [0.15, 0.2) is 55.1 Å². The first-order valence-corrected chi connectivity index (χ1v) is 9.18. The maximum absolute atomic E-state index is 12.7. The van der Waals surface area contributed by atoms with Gasteiger partial charge in [0.25, 0.3) is 0 Å². The van der Waals surface area contributed by atoms with Crippen LogP contribution in [0.5, 0.6) is 5.75 Å². The lowest BCUT2D eigenvalue weighted by Crippen LogP contribution is -2.43. The third-order valence-corrected chi connectivity index (χ3v) is 5.71. The number of hydrogen-bond acceptors (Lipinski definition) is 4. The molecule has 0 amide bonds. The molecule has 5 nitrogen and oxygen atoms in total. The number of halogens is 3. The van der Waals surface area contributed by atoms with E-state index in [0.29, 0.717) is 18.2 Å². The maximum Gasteiger partial charge on any atom is 0.387 e. The lowest BCUT2D eigenvalue weighted by Gasteiger charge is -2.29. The van der Waals surface area contributed by atoms with Gasteiger partial charge in [-0.1, -0.05) is 36.4 Å². The summed E-state index contributed by atoms with van der Waals surface area (Å²) in [6.45, 7) is -2.74. The Bertz CT molecular complexity index is 1010. The van der Waals surface area contributed by atoms with Crippen LogP contribution >= 0.6 is 11.6 Å². The molecular weight excluding hydrogens is 388 g/mol. The minimum absolute atomic E-state index is 0.108. The molecule has 0 spiro atoms. The third-order valence-electron chi connectivity index (χ3n) is 5.00. The molecule has 1 unspecified atom stereocenters. The number of aliphatic hydroxyl groups is 1. The number of ether oxygens (including phenoxy) is 1. The van der Waals surface area contributed by atoms with Gasteiger partial charge in [0.2, 0.25) is 0 Å². The molecule has 1 aromatic heterocycles. The topological polar surface area (TPSA) is 60.2 Å². The highest BCUT2D eigenvalue weighted by Crippen LogP contribution is 2.52. The Kier molecular flexibility index (Phi) is 4.81. The van der Waals surface area contributed by atoms with E-state index in [9.17, 15) is 13.9 Å². The fourth-order valence-corrected chi connectivity index (χ4v) is 3.54. The molecule has 1 atom stereocenters. The summed E-state index contributed by atoms with van der Waals surface area (Å²) in [5, 5.41) is 16.6. The molecule has 1 heterocycles. The highest BCUT2D eigenvalue weighted by Gasteiger charge is 2.56. The molecule has 28 heavy (non-hydrogen) atoms. The van der Waals surface area contributed by atoms with Crippen LogP contribution in [0.25, 0.3) is 16.8 Å². The molecule has 1 saturated carbocycles. The molecule has 1 aliphatic rings. The van der Waals surface area contributed by atoms with E-state index >= 15 is 0 Å². The van der Waals surface area contributed by atoms with Crippen molar-refractivity contribution < 1.29 is 18.6 Å². The summed E-state index contributed by atoms with van der Waals surface area (Å²) >= 11 is 6.57. The van der Waals surface area contributed by atoms with Crippen LogP contribution in [0.4, 0.5) is 8.78 Å². The molecule has 1 aliphatic carbocycles. The summed E-state index contributed by atoms with van der Waals surface area (Å²) in [4.78, 5) is 3.14. The zero-order valence-corrected chi connectivity index (χ0v) is 15.6. The first-order valence-electron chi connectivity index (χ1n) is 8.80. The van der Waals surface area contributed by atoms with Gasteiger partial charge in [0.05, 0.1) is 11.4 Å². The van der Waals surface area contributed by atoms with E-state index in [0.717, 1.165) is 10.9 Å². The van der Waals surface area contributed by atoms with Gasteiger partial charge in [-0.15, -0.1) is 11.6 Å². The lowest BCUT2D eigenvalue weighted by molar-refractivity contribution is -0.0487. The van der Waals surface area contributed by atoms with Crippen molar-refractivity contribution >= 4 is 28.4 Å². The highest BCUT2D eigenvalue weighted by molar-refractivity contribution is 6.27. The standard InChI is InChI=1S/C20H18ClF2N3O2/c21-19(9-10-19)20(27,11-26-13-24-12-25-26)8-7-14-3-1-5-16-15(14)4-2-6-17(16)28-18(22)23/h1-8,12-13,18,27H,9-11H2. The Balaban J connectivity index is 1.70. The summed E-state index contributed by atoms with van der Waals surface area (Å²) in [6, 6.07) is 10.3. The highest BCUT2D eigenvalue weighted by atomic mass is 35.5. The van der Waals surface area contributed by atoms with Gasteiger partial charge in [-0.3, -0.25) is 0 Å². The van der Waals surface area contributed by atoms with Crippen molar-refractivity contribution in [1.82, 2.24) is 14.8 Å². The van der Waals surface area contributed by atoms with E-state index in [-0.39, 0.29) is 12.3 Å². The van der Waals surface area contributed by atoms with E-state index in [1.807, 2.05) is 12.1 Å². The average molecular weight is 406 g/mol. The van der Waals surface area contributed by atoms with E-state index in [2.05, 4.69) is 14.8 Å². The number of fused-ring (bicyclic) bond motifs is 1. The lowest BCUT2D eigenvalue weighted by atomic mass is 9.94. The van der Waals surface area contributed by atoms with Crippen molar-refractivity contribution in [2.24, 2.45) is 0 Å². The predicted molar refractivity (Wildman–Crippen MR) is 102 cm³/mol. The average Bonchev–Trinajstić information content (AvgIpc) is 3.22. The molecule has 8 heteroatoms. The molecule has 4 rings (SSSR count). The van der Waals surface area contributed by atoms with Crippen molar-refractivity contribution in [2.75, 3.05) is 0 Å². The third kappa shape index (κ3) is 3.59. The van der Waals surface area contributed by atoms with Crippen molar-refractivity contribution in [1.29, 1.82) is 0 Å². The Morgan fingerprint density at radius 1 is 1.25 bits per heavy atom. The van der Waals surface area contributed by atoms with Gasteiger partial charge < -0.3 is 9.84 Å². The molecular formula is C20H18ClF2N3O2. The van der Waals surface area contributed by atoms with Crippen LogP contribution in [-0.4, -0.2) is 37.0 Å². The van der Waals surface area contributed by atoms with Gasteiger partial charge in [-0.2, -0.15) is 13.9 Å². The van der Waals surface area contributed by atoms with Gasteiger partial charge >= 0.3 is 6.61 Å². The molecule has 2 aromatic carbocycles. The quantitative estimate of drug-likeness (QED) is 0.597. The van der Waals surface area contributed by atoms with E-state index < -0.39 is 17.1 Å². The molecule has 146 valence electrons. The zero-order chi connectivity index (χ0) is 19.8. The molecule has 1 N–H and O–H groups in total. The number of aromatic nitrogens is 3. The van der Waals surface area contributed by atoms with Crippen LogP contribution in [0.2, 0.25) is 0 Å². The normalized spacial score (nSPS) is 17.9. The molecule has 0 radical (unpaired) electrons. The number of benzene rings is 2. The Morgan fingerprint density at radius 2 is 2.00 bits per heavy atom. The second kappa shape index (κ2) is 7.14.